The molecular formula is C56H40N2S. The molecule has 0 aliphatic carbocycles. The minimum absolute atomic E-state index is 1.12. The lowest BCUT2D eigenvalue weighted by Crippen LogP contribution is -2.11. The van der Waals surface area contributed by atoms with E-state index in [0.29, 0.717) is 0 Å². The molecule has 0 radical (unpaired) electrons. The summed E-state index contributed by atoms with van der Waals surface area (Å²) in [4.78, 5) is 2.46. The number of hydrogen-bond acceptors (Lipinski definition) is 2. The normalized spacial score (nSPS) is 11.6. The molecule has 0 atom stereocenters. The van der Waals surface area contributed by atoms with Gasteiger partial charge in [-0.25, -0.2) is 0 Å². The fraction of sp³-hybridized carbons (Fsp3) is 0.0357. The zero-order valence-electron chi connectivity index (χ0n) is 32.9. The average Bonchev–Trinajstić information content (AvgIpc) is 3.83. The maximum Gasteiger partial charge on any atom is 0.0541 e. The van der Waals surface area contributed by atoms with Crippen molar-refractivity contribution in [2.75, 3.05) is 4.90 Å². The molecule has 0 bridgehead atoms. The van der Waals surface area contributed by atoms with Gasteiger partial charge in [-0.2, -0.15) is 0 Å². The summed E-state index contributed by atoms with van der Waals surface area (Å²) in [6.07, 6.45) is 0. The fourth-order valence-corrected chi connectivity index (χ4v) is 10.3. The van der Waals surface area contributed by atoms with Crippen molar-refractivity contribution in [3.8, 4) is 39.1 Å². The summed E-state index contributed by atoms with van der Waals surface area (Å²) >= 11 is 1.88. The lowest BCUT2D eigenvalue weighted by Gasteiger charge is -2.28. The van der Waals surface area contributed by atoms with Crippen molar-refractivity contribution in [1.29, 1.82) is 0 Å². The minimum Gasteiger partial charge on any atom is -0.310 e. The maximum atomic E-state index is 2.46. The number of thiophene rings is 1. The Labute approximate surface area is 348 Å². The van der Waals surface area contributed by atoms with E-state index in [-0.39, 0.29) is 0 Å². The molecular weight excluding hydrogens is 733 g/mol. The molecule has 11 aromatic rings. The standard InChI is InChI=1S/C56H40N2S/c1-37-33-41(29-31-44(37)39-17-5-3-6-18-39)57(42-30-32-45(38(2)34-42)40-19-7-4-8-20-40)43-35-50(56-51(36-43)49-24-12-16-28-55(49)59-56)48-23-11-15-27-54(48)58-52-25-13-9-21-46(52)47-22-10-14-26-53(47)58/h3-36H,1-2H3. The third kappa shape index (κ3) is 5.93. The lowest BCUT2D eigenvalue weighted by molar-refractivity contribution is 1.18. The smallest absolute Gasteiger partial charge is 0.0541 e. The van der Waals surface area contributed by atoms with Gasteiger partial charge < -0.3 is 9.47 Å². The van der Waals surface area contributed by atoms with Crippen LogP contribution in [0.3, 0.4) is 0 Å². The molecule has 0 N–H and O–H groups in total. The number of aromatic nitrogens is 1. The second kappa shape index (κ2) is 14.3. The predicted molar refractivity (Wildman–Crippen MR) is 254 cm³/mol. The molecule has 0 saturated carbocycles. The zero-order valence-corrected chi connectivity index (χ0v) is 33.7. The van der Waals surface area contributed by atoms with Crippen molar-refractivity contribution in [2.24, 2.45) is 0 Å². The summed E-state index contributed by atoms with van der Waals surface area (Å²) in [5.41, 5.74) is 16.7. The Morgan fingerprint density at radius 3 is 1.47 bits per heavy atom. The van der Waals surface area contributed by atoms with Crippen molar-refractivity contribution in [2.45, 2.75) is 13.8 Å². The van der Waals surface area contributed by atoms with Gasteiger partial charge in [-0.1, -0.05) is 146 Å². The number of hydrogen-bond donors (Lipinski definition) is 0. The van der Waals surface area contributed by atoms with Crippen LogP contribution in [0.15, 0.2) is 206 Å². The molecule has 3 heteroatoms. The fourth-order valence-electron chi connectivity index (χ4n) is 9.12. The van der Waals surface area contributed by atoms with Gasteiger partial charge >= 0.3 is 0 Å². The Kier molecular flexibility index (Phi) is 8.49. The highest BCUT2D eigenvalue weighted by atomic mass is 32.1. The van der Waals surface area contributed by atoms with Gasteiger partial charge in [-0.15, -0.1) is 11.3 Å². The van der Waals surface area contributed by atoms with Crippen molar-refractivity contribution in [3.05, 3.63) is 217 Å². The third-order valence-corrected chi connectivity index (χ3v) is 13.1. The van der Waals surface area contributed by atoms with Crippen LogP contribution in [0.25, 0.3) is 81.0 Å². The summed E-state index contributed by atoms with van der Waals surface area (Å²) in [6.45, 7) is 4.47. The summed E-state index contributed by atoms with van der Waals surface area (Å²) in [6, 6.07) is 75.5. The lowest BCUT2D eigenvalue weighted by atomic mass is 9.96. The number of para-hydroxylation sites is 3. The Morgan fingerprint density at radius 1 is 0.373 bits per heavy atom. The molecule has 0 spiro atoms. The van der Waals surface area contributed by atoms with Crippen LogP contribution in [0.2, 0.25) is 0 Å². The Bertz CT molecular complexity index is 3210. The van der Waals surface area contributed by atoms with E-state index in [9.17, 15) is 0 Å². The molecule has 280 valence electrons. The van der Waals surface area contributed by atoms with Gasteiger partial charge in [0, 0.05) is 59.1 Å². The Balaban J connectivity index is 1.18. The summed E-state index contributed by atoms with van der Waals surface area (Å²) < 4.78 is 5.03. The molecule has 0 unspecified atom stereocenters. The van der Waals surface area contributed by atoms with Crippen molar-refractivity contribution in [3.63, 3.8) is 0 Å². The van der Waals surface area contributed by atoms with Crippen molar-refractivity contribution >= 4 is 70.4 Å². The number of rotatable bonds is 7. The van der Waals surface area contributed by atoms with Crippen LogP contribution in [0, 0.1) is 13.8 Å². The molecule has 2 nitrogen and oxygen atoms in total. The molecule has 11 rings (SSSR count). The first-order valence-corrected chi connectivity index (χ1v) is 21.1. The number of anilines is 3. The Morgan fingerprint density at radius 2 is 0.881 bits per heavy atom. The van der Waals surface area contributed by atoms with Gasteiger partial charge in [-0.3, -0.25) is 0 Å². The van der Waals surface area contributed by atoms with Crippen molar-refractivity contribution in [1.82, 2.24) is 4.57 Å². The van der Waals surface area contributed by atoms with Crippen LogP contribution in [0.1, 0.15) is 11.1 Å². The predicted octanol–water partition coefficient (Wildman–Crippen LogP) is 16.2. The first kappa shape index (κ1) is 35.0. The average molecular weight is 773 g/mol. The van der Waals surface area contributed by atoms with E-state index in [1.54, 1.807) is 0 Å². The topological polar surface area (TPSA) is 8.17 Å². The zero-order chi connectivity index (χ0) is 39.5. The van der Waals surface area contributed by atoms with Gasteiger partial charge in [0.15, 0.2) is 0 Å². The van der Waals surface area contributed by atoms with Crippen LogP contribution in [-0.2, 0) is 0 Å². The molecule has 0 aliphatic heterocycles. The second-order valence-electron chi connectivity index (χ2n) is 15.4. The summed E-state index contributed by atoms with van der Waals surface area (Å²) in [5.74, 6) is 0. The monoisotopic (exact) mass is 772 g/mol. The third-order valence-electron chi connectivity index (χ3n) is 11.8. The van der Waals surface area contributed by atoms with Gasteiger partial charge in [-0.05, 0) is 108 Å². The molecule has 0 fully saturated rings. The molecule has 2 aromatic heterocycles. The minimum atomic E-state index is 1.12. The van der Waals surface area contributed by atoms with E-state index in [1.807, 2.05) is 11.3 Å². The van der Waals surface area contributed by atoms with Gasteiger partial charge in [0.1, 0.15) is 0 Å². The van der Waals surface area contributed by atoms with Crippen LogP contribution in [-0.4, -0.2) is 4.57 Å². The number of benzene rings is 9. The molecule has 59 heavy (non-hydrogen) atoms. The summed E-state index contributed by atoms with van der Waals surface area (Å²) in [7, 11) is 0. The van der Waals surface area contributed by atoms with E-state index < -0.39 is 0 Å². The van der Waals surface area contributed by atoms with Crippen molar-refractivity contribution < 1.29 is 0 Å². The van der Waals surface area contributed by atoms with Crippen LogP contribution < -0.4 is 4.90 Å². The molecule has 2 heterocycles. The van der Waals surface area contributed by atoms with Gasteiger partial charge in [0.2, 0.25) is 0 Å². The maximum absolute atomic E-state index is 2.46. The number of fused-ring (bicyclic) bond motifs is 6. The van der Waals surface area contributed by atoms with Crippen LogP contribution >= 0.6 is 11.3 Å². The van der Waals surface area contributed by atoms with Gasteiger partial charge in [0.25, 0.3) is 0 Å². The highest BCUT2D eigenvalue weighted by Gasteiger charge is 2.22. The van der Waals surface area contributed by atoms with E-state index in [4.69, 9.17) is 0 Å². The first-order valence-electron chi connectivity index (χ1n) is 20.3. The highest BCUT2D eigenvalue weighted by molar-refractivity contribution is 7.26. The van der Waals surface area contributed by atoms with E-state index >= 15 is 0 Å². The second-order valence-corrected chi connectivity index (χ2v) is 16.5. The number of aryl methyl sites for hydroxylation is 2. The Hall–Kier alpha value is -7.20. The van der Waals surface area contributed by atoms with Crippen LogP contribution in [0.5, 0.6) is 0 Å². The first-order chi connectivity index (χ1) is 29.1. The van der Waals surface area contributed by atoms with E-state index in [0.717, 1.165) is 17.1 Å². The molecule has 0 amide bonds. The highest BCUT2D eigenvalue weighted by Crippen LogP contribution is 2.48. The molecule has 9 aromatic carbocycles. The SMILES string of the molecule is Cc1cc(N(c2ccc(-c3ccccc3)c(C)c2)c2cc(-c3ccccc3-n3c4ccccc4c4ccccc43)c3sc4ccccc4c3c2)ccc1-c1ccccc1. The molecule has 0 saturated heterocycles. The number of nitrogens with zero attached hydrogens (tertiary/aromatic N) is 2. The largest absolute Gasteiger partial charge is 0.310 e. The van der Waals surface area contributed by atoms with E-state index in [2.05, 4.69) is 230 Å². The van der Waals surface area contributed by atoms with E-state index in [1.165, 1.54) is 92.2 Å². The molecule has 0 aliphatic rings. The summed E-state index contributed by atoms with van der Waals surface area (Å²) in [5, 5.41) is 5.05. The quantitative estimate of drug-likeness (QED) is 0.157. The van der Waals surface area contributed by atoms with Crippen LogP contribution in [0.4, 0.5) is 17.1 Å². The van der Waals surface area contributed by atoms with Gasteiger partial charge in [0.05, 0.1) is 16.7 Å².